The third-order valence-corrected chi connectivity index (χ3v) is 5.25. The molecule has 3 atom stereocenters. The average Bonchev–Trinajstić information content (AvgIpc) is 2.89. The summed E-state index contributed by atoms with van der Waals surface area (Å²) in [5.41, 5.74) is 0.640. The first-order valence-corrected chi connectivity index (χ1v) is 7.51. The zero-order valence-electron chi connectivity index (χ0n) is 12.7. The van der Waals surface area contributed by atoms with Crippen molar-refractivity contribution in [3.8, 4) is 0 Å². The summed E-state index contributed by atoms with van der Waals surface area (Å²) in [4.78, 5) is 14.4. The number of hydrogen-bond acceptors (Lipinski definition) is 1. The van der Waals surface area contributed by atoms with Crippen LogP contribution in [-0.4, -0.2) is 22.8 Å². The number of amides is 1. The molecular formula is C17H21F2NO. The van der Waals surface area contributed by atoms with Gasteiger partial charge in [0.15, 0.2) is 0 Å². The first-order chi connectivity index (χ1) is 9.74. The van der Waals surface area contributed by atoms with Crippen molar-refractivity contribution in [2.75, 3.05) is 0 Å². The molecule has 0 aromatic heterocycles. The number of nitrogens with zero attached hydrogens (tertiary/aromatic N) is 1. The maximum Gasteiger partial charge on any atom is 0.259 e. The SMILES string of the molecule is Cc1cccc([C@H]2CC[C@@H]3C[C@@](C)(C(C)(F)F)C(=O)N32)c1. The highest BCUT2D eigenvalue weighted by atomic mass is 19.3. The van der Waals surface area contributed by atoms with Crippen LogP contribution in [0.15, 0.2) is 24.3 Å². The molecule has 0 saturated carbocycles. The Morgan fingerprint density at radius 3 is 2.67 bits per heavy atom. The number of fused-ring (bicyclic) bond motifs is 1. The van der Waals surface area contributed by atoms with Crippen LogP contribution in [0.5, 0.6) is 0 Å². The van der Waals surface area contributed by atoms with E-state index in [0.29, 0.717) is 0 Å². The van der Waals surface area contributed by atoms with Crippen LogP contribution in [0.25, 0.3) is 0 Å². The van der Waals surface area contributed by atoms with Gasteiger partial charge in [0, 0.05) is 13.0 Å². The van der Waals surface area contributed by atoms with E-state index in [4.69, 9.17) is 0 Å². The number of aryl methyl sites for hydroxylation is 1. The lowest BCUT2D eigenvalue weighted by molar-refractivity contribution is -0.156. The molecule has 4 heteroatoms. The molecule has 2 nitrogen and oxygen atoms in total. The van der Waals surface area contributed by atoms with Crippen molar-refractivity contribution < 1.29 is 13.6 Å². The van der Waals surface area contributed by atoms with Crippen molar-refractivity contribution >= 4 is 5.91 Å². The van der Waals surface area contributed by atoms with E-state index in [0.717, 1.165) is 30.9 Å². The van der Waals surface area contributed by atoms with Crippen LogP contribution in [0.2, 0.25) is 0 Å². The van der Waals surface area contributed by atoms with Crippen LogP contribution in [0, 0.1) is 12.3 Å². The molecule has 2 aliphatic heterocycles. The fourth-order valence-electron chi connectivity index (χ4n) is 3.81. The first-order valence-electron chi connectivity index (χ1n) is 7.51. The van der Waals surface area contributed by atoms with E-state index < -0.39 is 11.3 Å². The Morgan fingerprint density at radius 1 is 1.33 bits per heavy atom. The third kappa shape index (κ3) is 2.07. The van der Waals surface area contributed by atoms with Crippen molar-refractivity contribution in [2.45, 2.75) is 58.0 Å². The maximum atomic E-state index is 13.9. The van der Waals surface area contributed by atoms with Gasteiger partial charge in [-0.1, -0.05) is 29.8 Å². The summed E-state index contributed by atoms with van der Waals surface area (Å²) in [5, 5.41) is 0. The van der Waals surface area contributed by atoms with Gasteiger partial charge in [0.2, 0.25) is 5.91 Å². The Labute approximate surface area is 124 Å². The zero-order chi connectivity index (χ0) is 15.4. The summed E-state index contributed by atoms with van der Waals surface area (Å²) in [7, 11) is 0. The number of carbonyl (C=O) groups excluding carboxylic acids is 1. The van der Waals surface area contributed by atoms with Crippen molar-refractivity contribution in [1.82, 2.24) is 4.90 Å². The number of hydrogen-bond donors (Lipinski definition) is 0. The summed E-state index contributed by atoms with van der Waals surface area (Å²) >= 11 is 0. The third-order valence-electron chi connectivity index (χ3n) is 5.25. The standard InChI is InChI=1S/C17H21F2NO/c1-11-5-4-6-12(9-11)14-8-7-13-10-16(2,17(3,18)19)15(21)20(13)14/h4-6,9,13-14H,7-8,10H2,1-3H3/t13-,14-,16-/m1/s1. The molecule has 1 aromatic rings. The van der Waals surface area contributed by atoms with Gasteiger partial charge in [-0.2, -0.15) is 0 Å². The lowest BCUT2D eigenvalue weighted by Crippen LogP contribution is -2.44. The molecule has 0 radical (unpaired) electrons. The van der Waals surface area contributed by atoms with Crippen molar-refractivity contribution in [3.63, 3.8) is 0 Å². The minimum absolute atomic E-state index is 0.0427. The van der Waals surface area contributed by atoms with Gasteiger partial charge in [-0.05, 0) is 38.7 Å². The predicted molar refractivity (Wildman–Crippen MR) is 77.1 cm³/mol. The number of rotatable bonds is 2. The highest BCUT2D eigenvalue weighted by Crippen LogP contribution is 2.54. The van der Waals surface area contributed by atoms with E-state index in [1.165, 1.54) is 6.92 Å². The highest BCUT2D eigenvalue weighted by molar-refractivity contribution is 5.87. The summed E-state index contributed by atoms with van der Waals surface area (Å²) < 4.78 is 27.8. The summed E-state index contributed by atoms with van der Waals surface area (Å²) in [6.45, 7) is 4.29. The number of alkyl halides is 2. The molecule has 0 aliphatic carbocycles. The van der Waals surface area contributed by atoms with E-state index in [9.17, 15) is 13.6 Å². The van der Waals surface area contributed by atoms with Crippen molar-refractivity contribution in [2.24, 2.45) is 5.41 Å². The first kappa shape index (κ1) is 14.5. The minimum atomic E-state index is -2.98. The van der Waals surface area contributed by atoms with Gasteiger partial charge in [-0.15, -0.1) is 0 Å². The van der Waals surface area contributed by atoms with Gasteiger partial charge < -0.3 is 4.90 Å². The summed E-state index contributed by atoms with van der Waals surface area (Å²) in [5.74, 6) is -3.37. The topological polar surface area (TPSA) is 20.3 Å². The average molecular weight is 293 g/mol. The molecule has 2 saturated heterocycles. The van der Waals surface area contributed by atoms with Gasteiger partial charge in [0.1, 0.15) is 5.41 Å². The summed E-state index contributed by atoms with van der Waals surface area (Å²) in [6, 6.07) is 7.93. The van der Waals surface area contributed by atoms with Gasteiger partial charge in [-0.3, -0.25) is 4.79 Å². The second-order valence-electron chi connectivity index (χ2n) is 6.80. The second kappa shape index (κ2) is 4.52. The quantitative estimate of drug-likeness (QED) is 0.804. The lowest BCUT2D eigenvalue weighted by atomic mass is 9.80. The van der Waals surface area contributed by atoms with E-state index in [2.05, 4.69) is 6.07 Å². The Bertz CT molecular complexity index is 580. The van der Waals surface area contributed by atoms with Crippen LogP contribution in [0.4, 0.5) is 8.78 Å². The van der Waals surface area contributed by atoms with E-state index in [1.54, 1.807) is 4.90 Å². The second-order valence-corrected chi connectivity index (χ2v) is 6.80. The Kier molecular flexibility index (Phi) is 3.12. The molecule has 0 unspecified atom stereocenters. The Balaban J connectivity index is 1.95. The van der Waals surface area contributed by atoms with Gasteiger partial charge in [-0.25, -0.2) is 8.78 Å². The largest absolute Gasteiger partial charge is 0.332 e. The molecule has 0 bridgehead atoms. The van der Waals surface area contributed by atoms with Gasteiger partial charge in [0.05, 0.1) is 6.04 Å². The molecule has 3 rings (SSSR count). The van der Waals surface area contributed by atoms with Gasteiger partial charge in [0.25, 0.3) is 5.92 Å². The normalized spacial score (nSPS) is 32.6. The van der Waals surface area contributed by atoms with Crippen molar-refractivity contribution in [1.29, 1.82) is 0 Å². The molecule has 1 aromatic carbocycles. The molecule has 114 valence electrons. The fourth-order valence-corrected chi connectivity index (χ4v) is 3.81. The zero-order valence-corrected chi connectivity index (χ0v) is 12.7. The minimum Gasteiger partial charge on any atom is -0.332 e. The lowest BCUT2D eigenvalue weighted by Gasteiger charge is -2.31. The molecule has 2 heterocycles. The van der Waals surface area contributed by atoms with Crippen LogP contribution in [-0.2, 0) is 4.79 Å². The molecular weight excluding hydrogens is 272 g/mol. The smallest absolute Gasteiger partial charge is 0.259 e. The molecule has 0 N–H and O–H groups in total. The van der Waals surface area contributed by atoms with Crippen molar-refractivity contribution in [3.05, 3.63) is 35.4 Å². The number of benzene rings is 1. The van der Waals surface area contributed by atoms with Crippen LogP contribution in [0.3, 0.4) is 0 Å². The van der Waals surface area contributed by atoms with E-state index in [-0.39, 0.29) is 24.4 Å². The molecule has 0 spiro atoms. The van der Waals surface area contributed by atoms with E-state index in [1.807, 2.05) is 25.1 Å². The van der Waals surface area contributed by atoms with E-state index >= 15 is 0 Å². The molecule has 1 amide bonds. The maximum absolute atomic E-state index is 13.9. The molecule has 2 fully saturated rings. The van der Waals surface area contributed by atoms with Crippen LogP contribution in [0.1, 0.15) is 50.3 Å². The monoisotopic (exact) mass is 293 g/mol. The van der Waals surface area contributed by atoms with Crippen LogP contribution >= 0.6 is 0 Å². The van der Waals surface area contributed by atoms with Crippen LogP contribution < -0.4 is 0 Å². The molecule has 2 aliphatic rings. The predicted octanol–water partition coefficient (Wildman–Crippen LogP) is 4.09. The Morgan fingerprint density at radius 2 is 2.05 bits per heavy atom. The van der Waals surface area contributed by atoms with Gasteiger partial charge >= 0.3 is 0 Å². The fraction of sp³-hybridized carbons (Fsp3) is 0.588. The Hall–Kier alpha value is -1.45. The molecule has 21 heavy (non-hydrogen) atoms. The number of carbonyl (C=O) groups is 1. The summed E-state index contributed by atoms with van der Waals surface area (Å²) in [6.07, 6.45) is 1.94. The highest BCUT2D eigenvalue weighted by Gasteiger charge is 2.62. The number of halogens is 2.